The Morgan fingerprint density at radius 3 is 1.80 bits per heavy atom. The maximum atomic E-state index is 10.2. The lowest BCUT2D eigenvalue weighted by Crippen LogP contribution is -2.61. The summed E-state index contributed by atoms with van der Waals surface area (Å²) >= 11 is 0. The van der Waals surface area contributed by atoms with Crippen LogP contribution in [0.1, 0.15) is 5.56 Å². The van der Waals surface area contributed by atoms with Gasteiger partial charge in [-0.3, -0.25) is 0 Å². The zero-order chi connectivity index (χ0) is 21.8. The molecule has 2 heterocycles. The number of hydrogen-bond donors (Lipinski definition) is 7. The Morgan fingerprint density at radius 1 is 0.667 bits per heavy atom. The summed E-state index contributed by atoms with van der Waals surface area (Å²) in [7, 11) is 0. The van der Waals surface area contributed by atoms with E-state index in [0.29, 0.717) is 0 Å². The summed E-state index contributed by atoms with van der Waals surface area (Å²) in [6.45, 7) is -0.932. The van der Waals surface area contributed by atoms with E-state index in [1.807, 2.05) is 18.2 Å². The van der Waals surface area contributed by atoms with Crippen molar-refractivity contribution in [2.75, 3.05) is 13.2 Å². The molecule has 0 bridgehead atoms. The summed E-state index contributed by atoms with van der Waals surface area (Å²) in [5.74, 6) is 0. The van der Waals surface area contributed by atoms with Crippen LogP contribution < -0.4 is 0 Å². The smallest absolute Gasteiger partial charge is 0.187 e. The van der Waals surface area contributed by atoms with Crippen LogP contribution in [-0.2, 0) is 25.6 Å². The van der Waals surface area contributed by atoms with Crippen LogP contribution in [0.3, 0.4) is 0 Å². The van der Waals surface area contributed by atoms with Gasteiger partial charge in [-0.05, 0) is 5.56 Å². The van der Waals surface area contributed by atoms with Crippen molar-refractivity contribution in [3.63, 3.8) is 0 Å². The molecule has 10 atom stereocenters. The molecule has 0 saturated carbocycles. The summed E-state index contributed by atoms with van der Waals surface area (Å²) < 4.78 is 21.6. The molecule has 30 heavy (non-hydrogen) atoms. The van der Waals surface area contributed by atoms with Gasteiger partial charge in [0, 0.05) is 0 Å². The highest BCUT2D eigenvalue weighted by molar-refractivity contribution is 5.13. The van der Waals surface area contributed by atoms with E-state index in [9.17, 15) is 35.7 Å². The Balaban J connectivity index is 1.58. The van der Waals surface area contributed by atoms with Gasteiger partial charge in [-0.25, -0.2) is 0 Å². The molecular weight excluding hydrogens is 404 g/mol. The van der Waals surface area contributed by atoms with Crippen molar-refractivity contribution < 1.29 is 54.7 Å². The van der Waals surface area contributed by atoms with Gasteiger partial charge in [-0.2, -0.15) is 0 Å². The van der Waals surface area contributed by atoms with Crippen LogP contribution in [0.5, 0.6) is 0 Å². The molecule has 0 aromatic heterocycles. The minimum Gasteiger partial charge on any atom is -0.394 e. The van der Waals surface area contributed by atoms with E-state index < -0.39 is 74.6 Å². The highest BCUT2D eigenvalue weighted by atomic mass is 16.7. The molecule has 2 aliphatic rings. The first kappa shape index (κ1) is 23.4. The summed E-state index contributed by atoms with van der Waals surface area (Å²) in [6, 6.07) is 9.07. The van der Waals surface area contributed by atoms with Crippen LogP contribution in [0, 0.1) is 0 Å². The average molecular weight is 432 g/mol. The average Bonchev–Trinajstić information content (AvgIpc) is 2.76. The van der Waals surface area contributed by atoms with Crippen molar-refractivity contribution in [2.45, 2.75) is 68.0 Å². The van der Waals surface area contributed by atoms with Gasteiger partial charge < -0.3 is 54.7 Å². The molecule has 0 unspecified atom stereocenters. The van der Waals surface area contributed by atoms with Crippen LogP contribution in [0.4, 0.5) is 0 Å². The number of ether oxygens (including phenoxy) is 4. The quantitative estimate of drug-likeness (QED) is 0.231. The Morgan fingerprint density at radius 2 is 1.20 bits per heavy atom. The van der Waals surface area contributed by atoms with E-state index >= 15 is 0 Å². The van der Waals surface area contributed by atoms with Gasteiger partial charge >= 0.3 is 0 Å². The van der Waals surface area contributed by atoms with E-state index in [-0.39, 0.29) is 6.61 Å². The van der Waals surface area contributed by atoms with E-state index in [1.54, 1.807) is 12.1 Å². The van der Waals surface area contributed by atoms with Gasteiger partial charge in [-0.1, -0.05) is 30.3 Å². The second-order valence-electron chi connectivity index (χ2n) is 7.34. The Kier molecular flexibility index (Phi) is 8.12. The minimum absolute atomic E-state index is 0.0890. The van der Waals surface area contributed by atoms with Crippen molar-refractivity contribution >= 4 is 0 Å². The third kappa shape index (κ3) is 5.15. The molecule has 2 saturated heterocycles. The van der Waals surface area contributed by atoms with Crippen molar-refractivity contribution in [1.82, 2.24) is 0 Å². The molecule has 2 fully saturated rings. The third-order valence-electron chi connectivity index (χ3n) is 5.20. The molecule has 0 radical (unpaired) electrons. The minimum atomic E-state index is -1.62. The number of rotatable bonds is 7. The van der Waals surface area contributed by atoms with E-state index in [1.165, 1.54) is 0 Å². The van der Waals surface area contributed by atoms with Crippen LogP contribution in [0.15, 0.2) is 30.3 Å². The first-order valence-corrected chi connectivity index (χ1v) is 9.60. The molecule has 3 rings (SSSR count). The number of benzene rings is 1. The summed E-state index contributed by atoms with van der Waals surface area (Å²) in [4.78, 5) is 0. The van der Waals surface area contributed by atoms with Gasteiger partial charge in [0.2, 0.25) is 0 Å². The Hall–Kier alpha value is -1.22. The fourth-order valence-corrected chi connectivity index (χ4v) is 3.34. The lowest BCUT2D eigenvalue weighted by atomic mass is 9.98. The SMILES string of the molecule is OC[C@@H]1O[C@H](OC[C@H]2O[C@@H](OCc3ccccc3)[C@H](O)[C@@H](O)[C@@H]2O)[C@@H](O)[C@H](O)[C@H]1O. The zero-order valence-electron chi connectivity index (χ0n) is 16.0. The summed E-state index contributed by atoms with van der Waals surface area (Å²) in [5, 5.41) is 69.3. The first-order valence-electron chi connectivity index (χ1n) is 9.60. The van der Waals surface area contributed by atoms with Crippen LogP contribution >= 0.6 is 0 Å². The van der Waals surface area contributed by atoms with Gasteiger partial charge in [0.1, 0.15) is 48.8 Å². The molecule has 7 N–H and O–H groups in total. The molecule has 0 spiro atoms. The Bertz CT molecular complexity index is 645. The van der Waals surface area contributed by atoms with Crippen molar-refractivity contribution in [1.29, 1.82) is 0 Å². The van der Waals surface area contributed by atoms with Gasteiger partial charge in [-0.15, -0.1) is 0 Å². The molecule has 170 valence electrons. The second kappa shape index (κ2) is 10.4. The van der Waals surface area contributed by atoms with Crippen molar-refractivity contribution in [3.05, 3.63) is 35.9 Å². The molecule has 1 aromatic rings. The maximum absolute atomic E-state index is 10.2. The molecule has 11 heteroatoms. The van der Waals surface area contributed by atoms with Gasteiger partial charge in [0.05, 0.1) is 19.8 Å². The van der Waals surface area contributed by atoms with Crippen molar-refractivity contribution in [3.8, 4) is 0 Å². The molecule has 2 aliphatic heterocycles. The largest absolute Gasteiger partial charge is 0.394 e. The predicted octanol–water partition coefficient (Wildman–Crippen LogP) is -3.17. The Labute approximate surface area is 172 Å². The fraction of sp³-hybridized carbons (Fsp3) is 0.684. The lowest BCUT2D eigenvalue weighted by molar-refractivity contribution is -0.332. The van der Waals surface area contributed by atoms with Gasteiger partial charge in [0.25, 0.3) is 0 Å². The maximum Gasteiger partial charge on any atom is 0.187 e. The molecule has 11 nitrogen and oxygen atoms in total. The summed E-state index contributed by atoms with van der Waals surface area (Å²) in [6.07, 6.45) is -14.4. The number of aliphatic hydroxyl groups excluding tert-OH is 7. The van der Waals surface area contributed by atoms with E-state index in [4.69, 9.17) is 18.9 Å². The zero-order valence-corrected chi connectivity index (χ0v) is 16.0. The molecule has 0 amide bonds. The highest BCUT2D eigenvalue weighted by Gasteiger charge is 2.47. The predicted molar refractivity (Wildman–Crippen MR) is 97.6 cm³/mol. The number of hydrogen-bond acceptors (Lipinski definition) is 11. The van der Waals surface area contributed by atoms with Crippen LogP contribution in [-0.4, -0.2) is 110 Å². The van der Waals surface area contributed by atoms with E-state index in [0.717, 1.165) is 5.56 Å². The topological polar surface area (TPSA) is 179 Å². The van der Waals surface area contributed by atoms with Gasteiger partial charge in [0.15, 0.2) is 12.6 Å². The highest BCUT2D eigenvalue weighted by Crippen LogP contribution is 2.26. The summed E-state index contributed by atoms with van der Waals surface area (Å²) in [5.41, 5.74) is 0.808. The standard InChI is InChI=1S/C19H28O11/c20-6-10-12(21)14(23)16(25)19(29-10)28-8-11-13(22)15(24)17(26)18(30-11)27-7-9-4-2-1-3-5-9/h1-5,10-26H,6-8H2/t10-,11+,12-,13+,14+,15-,16-,17+,18+,19-/m0/s1. The van der Waals surface area contributed by atoms with E-state index in [2.05, 4.69) is 0 Å². The van der Waals surface area contributed by atoms with Crippen molar-refractivity contribution in [2.24, 2.45) is 0 Å². The molecular formula is C19H28O11. The fourth-order valence-electron chi connectivity index (χ4n) is 3.34. The molecule has 0 aliphatic carbocycles. The lowest BCUT2D eigenvalue weighted by Gasteiger charge is -2.42. The van der Waals surface area contributed by atoms with Crippen LogP contribution in [0.25, 0.3) is 0 Å². The second-order valence-corrected chi connectivity index (χ2v) is 7.34. The third-order valence-corrected chi connectivity index (χ3v) is 5.20. The number of aliphatic hydroxyl groups is 7. The molecule has 1 aromatic carbocycles. The first-order chi connectivity index (χ1) is 14.3. The van der Waals surface area contributed by atoms with Crippen LogP contribution in [0.2, 0.25) is 0 Å². The monoisotopic (exact) mass is 432 g/mol. The normalized spacial score (nSPS) is 42.2.